The van der Waals surface area contributed by atoms with Gasteiger partial charge in [-0.15, -0.1) is 0 Å². The second kappa shape index (κ2) is 16.9. The van der Waals surface area contributed by atoms with Crippen molar-refractivity contribution in [2.75, 3.05) is 32.6 Å². The Kier molecular flexibility index (Phi) is 12.6. The largest absolute Gasteiger partial charge is 0.497 e. The topological polar surface area (TPSA) is 198 Å². The maximum absolute atomic E-state index is 14.9. The van der Waals surface area contributed by atoms with Gasteiger partial charge in [-0.2, -0.15) is 13.2 Å². The number of halogens is 3. The van der Waals surface area contributed by atoms with Crippen molar-refractivity contribution in [3.05, 3.63) is 30.4 Å². The second-order valence-corrected chi connectivity index (χ2v) is 19.0. The first-order valence-corrected chi connectivity index (χ1v) is 21.7. The lowest BCUT2D eigenvalue weighted by atomic mass is 9.85. The predicted octanol–water partition coefficient (Wildman–Crippen LogP) is 4.37. The monoisotopic (exact) mass is 865 g/mol. The summed E-state index contributed by atoms with van der Waals surface area (Å²) in [7, 11) is 0.988. The number of aromatic nitrogens is 2. The molecule has 0 radical (unpaired) electrons. The number of allylic oxidation sites excluding steroid dienone is 1. The Labute approximate surface area is 347 Å². The van der Waals surface area contributed by atoms with Gasteiger partial charge in [0.25, 0.3) is 11.8 Å². The highest BCUT2D eigenvalue weighted by Gasteiger charge is 2.62. The lowest BCUT2D eigenvalue weighted by molar-refractivity contribution is -0.244. The molecule has 3 heterocycles. The van der Waals surface area contributed by atoms with Crippen LogP contribution in [0.25, 0.3) is 11.0 Å². The van der Waals surface area contributed by atoms with Gasteiger partial charge in [0.05, 0.1) is 29.9 Å². The zero-order chi connectivity index (χ0) is 43.9. The maximum atomic E-state index is 14.9. The van der Waals surface area contributed by atoms with E-state index in [2.05, 4.69) is 15.4 Å². The van der Waals surface area contributed by atoms with Gasteiger partial charge in [-0.25, -0.2) is 23.2 Å². The molecule has 60 heavy (non-hydrogen) atoms. The molecule has 2 saturated carbocycles. The van der Waals surface area contributed by atoms with Crippen molar-refractivity contribution in [1.29, 1.82) is 0 Å². The van der Waals surface area contributed by atoms with Crippen LogP contribution >= 0.6 is 0 Å². The molecule has 0 bridgehead atoms. The number of hydrogen-bond acceptors (Lipinski definition) is 12. The van der Waals surface area contributed by atoms with Gasteiger partial charge in [-0.3, -0.25) is 19.1 Å². The molecule has 4 amide bonds. The number of hydrogen-bond donors (Lipinski definition) is 3. The highest BCUT2D eigenvalue weighted by molar-refractivity contribution is 7.91. The van der Waals surface area contributed by atoms with Crippen molar-refractivity contribution >= 4 is 50.7 Å². The summed E-state index contributed by atoms with van der Waals surface area (Å²) in [4.78, 5) is 68.9. The summed E-state index contributed by atoms with van der Waals surface area (Å²) in [5, 5.41) is 4.52. The number of methoxy groups -OCH3 is 1. The zero-order valence-corrected chi connectivity index (χ0v) is 35.6. The standard InChI is InChI=1S/C40H54F3N7O9S/c1-8-23-17-22(2)11-9-10-12-24-20-39(24,36(53)48-60(55,56)27-14-15-27)47-33(51)30-19-26(21-50(30)35(52)31(23)46-37(54)59-38(3,4)40(41,42)43)58-34-32(49(5)6)44-29-18-25(57-7)13-16-28(29)45-34/h10,12-13,16,18,22-24,26-27,30-31H,8-9,11,14-15,17,19-21H2,1-7H3,(H,46,54)(H,47,51)(H,48,53)/b12-10-/t22-,23-,24?,26-,30+,31+,39-/m1/s1. The number of benzene rings is 1. The number of carbonyl (C=O) groups is 4. The van der Waals surface area contributed by atoms with Crippen molar-refractivity contribution in [3.63, 3.8) is 0 Å². The lowest BCUT2D eigenvalue weighted by Crippen LogP contribution is -2.59. The molecule has 2 aromatic rings. The van der Waals surface area contributed by atoms with Crippen LogP contribution in [0.15, 0.2) is 30.4 Å². The Morgan fingerprint density at radius 1 is 1.08 bits per heavy atom. The third-order valence-electron chi connectivity index (χ3n) is 11.8. The molecule has 2 aliphatic heterocycles. The van der Waals surface area contributed by atoms with E-state index < -0.39 is 86.4 Å². The van der Waals surface area contributed by atoms with E-state index in [1.165, 1.54) is 12.0 Å². The van der Waals surface area contributed by atoms with Crippen molar-refractivity contribution in [2.45, 2.75) is 120 Å². The molecule has 330 valence electrons. The van der Waals surface area contributed by atoms with Gasteiger partial charge in [0, 0.05) is 32.5 Å². The third-order valence-corrected chi connectivity index (χ3v) is 13.6. The number of carbonyl (C=O) groups excluding carboxylic acids is 4. The van der Waals surface area contributed by atoms with E-state index in [0.29, 0.717) is 75.0 Å². The molecular weight excluding hydrogens is 812 g/mol. The van der Waals surface area contributed by atoms with Crippen molar-refractivity contribution in [3.8, 4) is 11.6 Å². The number of sulfonamides is 1. The van der Waals surface area contributed by atoms with E-state index in [4.69, 9.17) is 24.2 Å². The minimum atomic E-state index is -4.92. The second-order valence-electron chi connectivity index (χ2n) is 17.1. The number of alkyl carbamates (subject to hydrolysis) is 1. The number of nitrogens with zero attached hydrogens (tertiary/aromatic N) is 4. The van der Waals surface area contributed by atoms with Crippen molar-refractivity contribution in [2.24, 2.45) is 17.8 Å². The van der Waals surface area contributed by atoms with Crippen molar-refractivity contribution in [1.82, 2.24) is 30.2 Å². The predicted molar refractivity (Wildman–Crippen MR) is 213 cm³/mol. The molecule has 1 aromatic carbocycles. The van der Waals surface area contributed by atoms with E-state index in [9.17, 15) is 40.8 Å². The Balaban J connectivity index is 1.38. The van der Waals surface area contributed by atoms with Crippen LogP contribution in [0, 0.1) is 17.8 Å². The van der Waals surface area contributed by atoms with E-state index in [0.717, 1.165) is 0 Å². The third kappa shape index (κ3) is 9.52. The van der Waals surface area contributed by atoms with Crippen LogP contribution in [0.4, 0.5) is 23.8 Å². The Morgan fingerprint density at radius 2 is 1.80 bits per heavy atom. The Bertz CT molecular complexity index is 2130. The minimum Gasteiger partial charge on any atom is -0.497 e. The van der Waals surface area contributed by atoms with Crippen LogP contribution in [-0.2, 0) is 29.1 Å². The number of rotatable bonds is 10. The van der Waals surface area contributed by atoms with E-state index in [1.807, 2.05) is 13.0 Å². The highest BCUT2D eigenvalue weighted by atomic mass is 32.2. The normalized spacial score (nSPS) is 28.3. The molecule has 3 fully saturated rings. The summed E-state index contributed by atoms with van der Waals surface area (Å²) in [5.41, 5.74) is -3.57. The van der Waals surface area contributed by atoms with E-state index in [1.54, 1.807) is 50.2 Å². The van der Waals surface area contributed by atoms with E-state index in [-0.39, 0.29) is 31.2 Å². The molecule has 6 rings (SSSR count). The van der Waals surface area contributed by atoms with Gasteiger partial charge in [0.15, 0.2) is 5.82 Å². The summed E-state index contributed by atoms with van der Waals surface area (Å²) < 4.78 is 86.1. The molecule has 16 nitrogen and oxygen atoms in total. The molecule has 1 saturated heterocycles. The molecule has 20 heteroatoms. The molecule has 3 N–H and O–H groups in total. The quantitative estimate of drug-likeness (QED) is 0.286. The lowest BCUT2D eigenvalue weighted by Gasteiger charge is -2.35. The molecule has 1 aromatic heterocycles. The summed E-state index contributed by atoms with van der Waals surface area (Å²) in [5.74, 6) is -2.68. The van der Waals surface area contributed by atoms with Gasteiger partial charge >= 0.3 is 12.3 Å². The van der Waals surface area contributed by atoms with Gasteiger partial charge in [0.2, 0.25) is 27.4 Å². The first-order valence-electron chi connectivity index (χ1n) is 20.2. The van der Waals surface area contributed by atoms with Crippen molar-refractivity contribution < 1.29 is 55.0 Å². The Hall–Kier alpha value is -4.88. The Morgan fingerprint density at radius 3 is 2.43 bits per heavy atom. The van der Waals surface area contributed by atoms with Gasteiger partial charge in [0.1, 0.15) is 29.5 Å². The van der Waals surface area contributed by atoms with Crippen LogP contribution in [-0.4, -0.2) is 116 Å². The first-order chi connectivity index (χ1) is 28.1. The molecular formula is C40H54F3N7O9S. The molecule has 1 unspecified atom stereocenters. The number of alkyl halides is 3. The van der Waals surface area contributed by atoms with Crippen LogP contribution in [0.1, 0.15) is 79.1 Å². The van der Waals surface area contributed by atoms with Crippen LogP contribution in [0.3, 0.4) is 0 Å². The van der Waals surface area contributed by atoms with E-state index >= 15 is 0 Å². The maximum Gasteiger partial charge on any atom is 0.427 e. The number of ether oxygens (including phenoxy) is 3. The summed E-state index contributed by atoms with van der Waals surface area (Å²) in [6.07, 6.45) is -1.01. The number of amides is 4. The smallest absolute Gasteiger partial charge is 0.427 e. The van der Waals surface area contributed by atoms with Crippen LogP contribution in [0.2, 0.25) is 0 Å². The number of anilines is 1. The number of nitrogens with one attached hydrogen (secondary N) is 3. The highest BCUT2D eigenvalue weighted by Crippen LogP contribution is 2.46. The minimum absolute atomic E-state index is 0.0403. The summed E-state index contributed by atoms with van der Waals surface area (Å²) in [6.45, 7) is 4.90. The van der Waals surface area contributed by atoms with Gasteiger partial charge in [-0.1, -0.05) is 32.4 Å². The zero-order valence-electron chi connectivity index (χ0n) is 34.8. The fraction of sp³-hybridized carbons (Fsp3) is 0.650. The SMILES string of the molecule is CC[C@@H]1C[C@H](C)CC/C=C\C2C[C@@]2(C(=O)NS(=O)(=O)C2CC2)NC(=O)[C@@H]2C[C@@H](Oc3nc4ccc(OC)cc4nc3N(C)C)CN2C(=O)[C@H]1NC(=O)OC(C)(C)C(F)(F)F. The average Bonchev–Trinajstić information content (AvgIpc) is 4.10. The molecule has 2 aliphatic carbocycles. The summed E-state index contributed by atoms with van der Waals surface area (Å²) >= 11 is 0. The fourth-order valence-electron chi connectivity index (χ4n) is 7.83. The van der Waals surface area contributed by atoms with Gasteiger partial charge in [-0.05, 0) is 76.3 Å². The van der Waals surface area contributed by atoms with Gasteiger partial charge < -0.3 is 34.6 Å². The molecule has 4 aliphatic rings. The first kappa shape index (κ1) is 44.7. The summed E-state index contributed by atoms with van der Waals surface area (Å²) in [6, 6.07) is 2.32. The van der Waals surface area contributed by atoms with Crippen LogP contribution < -0.4 is 29.7 Å². The average molecular weight is 866 g/mol. The number of fused-ring (bicyclic) bond motifs is 3. The van der Waals surface area contributed by atoms with Crippen LogP contribution in [0.5, 0.6) is 11.6 Å². The molecule has 0 spiro atoms. The fourth-order valence-corrected chi connectivity index (χ4v) is 9.19. The molecule has 7 atom stereocenters.